The highest BCUT2D eigenvalue weighted by Gasteiger charge is 2.19. The number of aromatic nitrogens is 2. The highest BCUT2D eigenvalue weighted by molar-refractivity contribution is 7.93. The molecule has 0 radical (unpaired) electrons. The van der Waals surface area contributed by atoms with Crippen molar-refractivity contribution in [3.63, 3.8) is 0 Å². The first kappa shape index (κ1) is 15.1. The van der Waals surface area contributed by atoms with Crippen molar-refractivity contribution < 1.29 is 8.42 Å². The van der Waals surface area contributed by atoms with Gasteiger partial charge in [-0.3, -0.25) is 4.72 Å². The molecule has 0 aliphatic rings. The number of hydrogen-bond acceptors (Lipinski definition) is 6. The fourth-order valence-electron chi connectivity index (χ4n) is 2.04. The minimum atomic E-state index is -3.65. The Balaban J connectivity index is 1.89. The van der Waals surface area contributed by atoms with Crippen LogP contribution in [0.15, 0.2) is 40.6 Å². The third kappa shape index (κ3) is 3.03. The van der Waals surface area contributed by atoms with Crippen molar-refractivity contribution >= 4 is 37.8 Å². The molecule has 3 aromatic rings. The topological polar surface area (TPSA) is 72.0 Å². The van der Waals surface area contributed by atoms with Crippen molar-refractivity contribution in [3.05, 3.63) is 46.8 Å². The first-order chi connectivity index (χ1) is 10.5. The Morgan fingerprint density at radius 3 is 2.64 bits per heavy atom. The molecule has 1 N–H and O–H groups in total. The van der Waals surface area contributed by atoms with Crippen molar-refractivity contribution in [3.8, 4) is 9.88 Å². The van der Waals surface area contributed by atoms with E-state index in [0.717, 1.165) is 10.4 Å². The molecule has 8 heteroatoms. The van der Waals surface area contributed by atoms with Gasteiger partial charge in [-0.15, -0.1) is 21.5 Å². The molecule has 1 aromatic carbocycles. The fraction of sp³-hybridized carbons (Fsp3) is 0.143. The van der Waals surface area contributed by atoms with E-state index in [2.05, 4.69) is 14.9 Å². The third-order valence-electron chi connectivity index (χ3n) is 3.00. The lowest BCUT2D eigenvalue weighted by molar-refractivity contribution is 0.600. The second kappa shape index (κ2) is 5.79. The molecule has 3 rings (SSSR count). The van der Waals surface area contributed by atoms with Gasteiger partial charge in [0.15, 0.2) is 5.01 Å². The molecule has 2 aromatic heterocycles. The zero-order chi connectivity index (χ0) is 15.7. The number of anilines is 1. The van der Waals surface area contributed by atoms with E-state index in [1.165, 1.54) is 22.7 Å². The molecule has 0 amide bonds. The Morgan fingerprint density at radius 1 is 1.14 bits per heavy atom. The van der Waals surface area contributed by atoms with E-state index in [4.69, 9.17) is 0 Å². The molecule has 0 fully saturated rings. The molecule has 0 aliphatic heterocycles. The Labute approximate surface area is 136 Å². The second-order valence-electron chi connectivity index (χ2n) is 4.76. The van der Waals surface area contributed by atoms with Gasteiger partial charge >= 0.3 is 0 Å². The minimum absolute atomic E-state index is 0.256. The van der Waals surface area contributed by atoms with Gasteiger partial charge in [0.05, 0.1) is 9.77 Å². The molecule has 0 atom stereocenters. The maximum atomic E-state index is 12.5. The van der Waals surface area contributed by atoms with Gasteiger partial charge in [0.25, 0.3) is 10.0 Å². The number of rotatable bonds is 4. The van der Waals surface area contributed by atoms with Gasteiger partial charge in [-0.1, -0.05) is 35.1 Å². The highest BCUT2D eigenvalue weighted by Crippen LogP contribution is 2.31. The van der Waals surface area contributed by atoms with Crippen LogP contribution in [-0.2, 0) is 10.0 Å². The van der Waals surface area contributed by atoms with Crippen LogP contribution in [0.1, 0.15) is 11.1 Å². The molecule has 22 heavy (non-hydrogen) atoms. The summed E-state index contributed by atoms with van der Waals surface area (Å²) in [5, 5.41) is 10.8. The van der Waals surface area contributed by atoms with Crippen LogP contribution in [-0.4, -0.2) is 18.6 Å². The Kier molecular flexibility index (Phi) is 3.98. The molecule has 2 heterocycles. The van der Waals surface area contributed by atoms with Gasteiger partial charge in [0.1, 0.15) is 0 Å². The lowest BCUT2D eigenvalue weighted by Crippen LogP contribution is -2.14. The average Bonchev–Trinajstić information content (AvgIpc) is 3.07. The van der Waals surface area contributed by atoms with Gasteiger partial charge in [0.2, 0.25) is 5.13 Å². The summed E-state index contributed by atoms with van der Waals surface area (Å²) in [6.07, 6.45) is 0. The molecule has 0 saturated heterocycles. The summed E-state index contributed by atoms with van der Waals surface area (Å²) in [7, 11) is -3.65. The van der Waals surface area contributed by atoms with Gasteiger partial charge < -0.3 is 0 Å². The van der Waals surface area contributed by atoms with Crippen molar-refractivity contribution in [1.82, 2.24) is 10.2 Å². The van der Waals surface area contributed by atoms with Crippen molar-refractivity contribution in [2.75, 3.05) is 4.72 Å². The van der Waals surface area contributed by atoms with E-state index in [1.807, 2.05) is 30.5 Å². The van der Waals surface area contributed by atoms with Crippen LogP contribution < -0.4 is 4.72 Å². The summed E-state index contributed by atoms with van der Waals surface area (Å²) in [6.45, 7) is 3.70. The van der Waals surface area contributed by atoms with E-state index < -0.39 is 10.0 Å². The van der Waals surface area contributed by atoms with E-state index in [9.17, 15) is 8.42 Å². The smallest absolute Gasteiger partial charge is 0.253 e. The number of aryl methyl sites for hydroxylation is 2. The van der Waals surface area contributed by atoms with E-state index in [1.54, 1.807) is 19.1 Å². The van der Waals surface area contributed by atoms with Crippen LogP contribution in [0.25, 0.3) is 9.88 Å². The Morgan fingerprint density at radius 2 is 1.95 bits per heavy atom. The third-order valence-corrected chi connectivity index (χ3v) is 6.50. The summed E-state index contributed by atoms with van der Waals surface area (Å²) in [5.41, 5.74) is 1.72. The maximum absolute atomic E-state index is 12.5. The molecular formula is C14H13N3O2S3. The summed E-state index contributed by atoms with van der Waals surface area (Å²) >= 11 is 2.76. The monoisotopic (exact) mass is 351 g/mol. The van der Waals surface area contributed by atoms with Gasteiger partial charge in [0, 0.05) is 0 Å². The van der Waals surface area contributed by atoms with Crippen LogP contribution in [0.5, 0.6) is 0 Å². The van der Waals surface area contributed by atoms with Crippen molar-refractivity contribution in [2.45, 2.75) is 18.7 Å². The van der Waals surface area contributed by atoms with Crippen LogP contribution in [0.4, 0.5) is 5.13 Å². The number of benzene rings is 1. The molecule has 114 valence electrons. The molecule has 0 spiro atoms. The SMILES string of the molecule is Cc1ccc(S(=O)(=O)Nc2nnc(-c3cccs3)s2)c(C)c1. The molecule has 0 unspecified atom stereocenters. The lowest BCUT2D eigenvalue weighted by Gasteiger charge is -2.08. The van der Waals surface area contributed by atoms with Crippen LogP contribution in [0.2, 0.25) is 0 Å². The zero-order valence-corrected chi connectivity index (χ0v) is 14.3. The first-order valence-electron chi connectivity index (χ1n) is 6.43. The molecule has 5 nitrogen and oxygen atoms in total. The van der Waals surface area contributed by atoms with E-state index in [-0.39, 0.29) is 10.0 Å². The zero-order valence-electron chi connectivity index (χ0n) is 11.9. The number of thiophene rings is 1. The lowest BCUT2D eigenvalue weighted by atomic mass is 10.2. The molecule has 0 aliphatic carbocycles. The highest BCUT2D eigenvalue weighted by atomic mass is 32.2. The number of hydrogen-bond donors (Lipinski definition) is 1. The quantitative estimate of drug-likeness (QED) is 0.778. The number of nitrogens with zero attached hydrogens (tertiary/aromatic N) is 2. The van der Waals surface area contributed by atoms with Crippen molar-refractivity contribution in [1.29, 1.82) is 0 Å². The second-order valence-corrected chi connectivity index (χ2v) is 8.34. The number of nitrogens with one attached hydrogen (secondary N) is 1. The normalized spacial score (nSPS) is 11.5. The summed E-state index contributed by atoms with van der Waals surface area (Å²) < 4.78 is 27.4. The molecule has 0 saturated carbocycles. The van der Waals surface area contributed by atoms with E-state index >= 15 is 0 Å². The Bertz CT molecular complexity index is 899. The first-order valence-corrected chi connectivity index (χ1v) is 9.61. The predicted molar refractivity (Wildman–Crippen MR) is 89.9 cm³/mol. The fourth-order valence-corrected chi connectivity index (χ4v) is 5.03. The van der Waals surface area contributed by atoms with Gasteiger partial charge in [-0.05, 0) is 36.9 Å². The average molecular weight is 351 g/mol. The molecule has 0 bridgehead atoms. The number of sulfonamides is 1. The Hall–Kier alpha value is -1.77. The van der Waals surface area contributed by atoms with Gasteiger partial charge in [-0.25, -0.2) is 8.42 Å². The van der Waals surface area contributed by atoms with Crippen molar-refractivity contribution in [2.24, 2.45) is 0 Å². The standard InChI is InChI=1S/C14H13N3O2S3/c1-9-5-6-12(10(2)8-9)22(18,19)17-14-16-15-13(21-14)11-4-3-7-20-11/h3-8H,1-2H3,(H,16,17). The van der Waals surface area contributed by atoms with Crippen LogP contribution >= 0.6 is 22.7 Å². The predicted octanol–water partition coefficient (Wildman–Crippen LogP) is 3.68. The summed E-state index contributed by atoms with van der Waals surface area (Å²) in [5.74, 6) is 0. The molecular weight excluding hydrogens is 338 g/mol. The van der Waals surface area contributed by atoms with E-state index in [0.29, 0.717) is 10.6 Å². The maximum Gasteiger partial charge on any atom is 0.263 e. The van der Waals surface area contributed by atoms with Gasteiger partial charge in [-0.2, -0.15) is 0 Å². The summed E-state index contributed by atoms with van der Waals surface area (Å²) in [6, 6.07) is 9.06. The minimum Gasteiger partial charge on any atom is -0.253 e. The van der Waals surface area contributed by atoms with Crippen LogP contribution in [0, 0.1) is 13.8 Å². The summed E-state index contributed by atoms with van der Waals surface area (Å²) in [4.78, 5) is 1.22. The van der Waals surface area contributed by atoms with Crippen LogP contribution in [0.3, 0.4) is 0 Å². The largest absolute Gasteiger partial charge is 0.263 e.